The van der Waals surface area contributed by atoms with Crippen LogP contribution in [0.15, 0.2) is 0 Å². The van der Waals surface area contributed by atoms with E-state index in [1.165, 1.54) is 6.42 Å². The molecule has 4 heteroatoms. The maximum absolute atomic E-state index is 5.75. The Bertz CT molecular complexity index is 172. The molecule has 90 valence electrons. The van der Waals surface area contributed by atoms with Crippen LogP contribution in [0.2, 0.25) is 0 Å². The van der Waals surface area contributed by atoms with Crippen LogP contribution in [-0.2, 0) is 9.47 Å². The van der Waals surface area contributed by atoms with E-state index in [2.05, 4.69) is 12.2 Å². The van der Waals surface area contributed by atoms with Gasteiger partial charge in [-0.25, -0.2) is 0 Å². The van der Waals surface area contributed by atoms with Gasteiger partial charge in [-0.3, -0.25) is 0 Å². The zero-order chi connectivity index (χ0) is 11.1. The Hall–Kier alpha value is -0.160. The van der Waals surface area contributed by atoms with Gasteiger partial charge in [0.2, 0.25) is 0 Å². The predicted octanol–water partition coefficient (Wildman–Crippen LogP) is 0.509. The first-order valence-electron chi connectivity index (χ1n) is 5.84. The number of hydrogen-bond donors (Lipinski definition) is 2. The van der Waals surface area contributed by atoms with Crippen molar-refractivity contribution in [3.8, 4) is 0 Å². The topological polar surface area (TPSA) is 56.5 Å². The Labute approximate surface area is 92.5 Å². The quantitative estimate of drug-likeness (QED) is 0.651. The van der Waals surface area contributed by atoms with Gasteiger partial charge in [0.25, 0.3) is 0 Å². The molecule has 1 rings (SSSR count). The molecule has 15 heavy (non-hydrogen) atoms. The van der Waals surface area contributed by atoms with Crippen LogP contribution in [0, 0.1) is 0 Å². The second-order valence-corrected chi connectivity index (χ2v) is 4.42. The number of nitrogens with one attached hydrogen (secondary N) is 1. The molecule has 1 aliphatic rings. The van der Waals surface area contributed by atoms with Crippen molar-refractivity contribution in [2.75, 3.05) is 32.9 Å². The molecule has 0 aliphatic carbocycles. The standard InChI is InChI=1S/C11H24N2O2/c1-3-14-9-11(2,8-12)13-7-10-5-4-6-15-10/h10,13H,3-9,12H2,1-2H3. The first kappa shape index (κ1) is 12.9. The number of nitrogens with two attached hydrogens (primary N) is 1. The number of ether oxygens (including phenoxy) is 2. The third-order valence-electron chi connectivity index (χ3n) is 2.86. The number of rotatable bonds is 7. The molecular weight excluding hydrogens is 192 g/mol. The molecule has 0 spiro atoms. The van der Waals surface area contributed by atoms with Gasteiger partial charge >= 0.3 is 0 Å². The van der Waals surface area contributed by atoms with Crippen LogP contribution >= 0.6 is 0 Å². The fourth-order valence-corrected chi connectivity index (χ4v) is 1.68. The van der Waals surface area contributed by atoms with Crippen molar-refractivity contribution < 1.29 is 9.47 Å². The highest BCUT2D eigenvalue weighted by atomic mass is 16.5. The van der Waals surface area contributed by atoms with Crippen LogP contribution in [0.5, 0.6) is 0 Å². The lowest BCUT2D eigenvalue weighted by molar-refractivity contribution is 0.0666. The van der Waals surface area contributed by atoms with Crippen LogP contribution in [0.4, 0.5) is 0 Å². The summed E-state index contributed by atoms with van der Waals surface area (Å²) in [6.07, 6.45) is 2.69. The maximum Gasteiger partial charge on any atom is 0.0700 e. The summed E-state index contributed by atoms with van der Waals surface area (Å²) >= 11 is 0. The van der Waals surface area contributed by atoms with Gasteiger partial charge in [-0.15, -0.1) is 0 Å². The third kappa shape index (κ3) is 4.47. The van der Waals surface area contributed by atoms with Crippen molar-refractivity contribution in [1.29, 1.82) is 0 Å². The van der Waals surface area contributed by atoms with E-state index in [9.17, 15) is 0 Å². The molecule has 0 aromatic rings. The zero-order valence-corrected chi connectivity index (χ0v) is 9.92. The largest absolute Gasteiger partial charge is 0.380 e. The number of hydrogen-bond acceptors (Lipinski definition) is 4. The molecule has 2 unspecified atom stereocenters. The van der Waals surface area contributed by atoms with Gasteiger partial charge in [0.05, 0.1) is 18.2 Å². The van der Waals surface area contributed by atoms with Gasteiger partial charge < -0.3 is 20.5 Å². The molecule has 2 atom stereocenters. The van der Waals surface area contributed by atoms with Crippen molar-refractivity contribution in [3.05, 3.63) is 0 Å². The Morgan fingerprint density at radius 1 is 1.60 bits per heavy atom. The summed E-state index contributed by atoms with van der Waals surface area (Å²) in [5, 5.41) is 3.45. The molecule has 0 bridgehead atoms. The molecule has 1 aliphatic heterocycles. The summed E-state index contributed by atoms with van der Waals surface area (Å²) in [6.45, 7) is 7.84. The molecule has 1 saturated heterocycles. The highest BCUT2D eigenvalue weighted by Gasteiger charge is 2.24. The molecule has 3 N–H and O–H groups in total. The molecular formula is C11H24N2O2. The Morgan fingerprint density at radius 2 is 2.40 bits per heavy atom. The van der Waals surface area contributed by atoms with Crippen molar-refractivity contribution in [2.24, 2.45) is 5.73 Å². The van der Waals surface area contributed by atoms with E-state index in [0.717, 1.165) is 26.2 Å². The molecule has 0 aromatic carbocycles. The minimum absolute atomic E-state index is 0.123. The summed E-state index contributed by atoms with van der Waals surface area (Å²) in [4.78, 5) is 0. The lowest BCUT2D eigenvalue weighted by Crippen LogP contribution is -2.54. The van der Waals surface area contributed by atoms with E-state index in [1.807, 2.05) is 6.92 Å². The second kappa shape index (κ2) is 6.43. The summed E-state index contributed by atoms with van der Waals surface area (Å²) in [5.41, 5.74) is 5.63. The molecule has 4 nitrogen and oxygen atoms in total. The van der Waals surface area contributed by atoms with E-state index in [4.69, 9.17) is 15.2 Å². The SMILES string of the molecule is CCOCC(C)(CN)NCC1CCCO1. The van der Waals surface area contributed by atoms with E-state index in [1.54, 1.807) is 0 Å². The molecule has 1 heterocycles. The summed E-state index contributed by atoms with van der Waals surface area (Å²) < 4.78 is 11.0. The van der Waals surface area contributed by atoms with Crippen molar-refractivity contribution in [2.45, 2.75) is 38.3 Å². The minimum atomic E-state index is -0.123. The molecule has 0 amide bonds. The van der Waals surface area contributed by atoms with Crippen LogP contribution in [0.3, 0.4) is 0 Å². The second-order valence-electron chi connectivity index (χ2n) is 4.42. The van der Waals surface area contributed by atoms with Crippen molar-refractivity contribution in [1.82, 2.24) is 5.32 Å². The van der Waals surface area contributed by atoms with Gasteiger partial charge in [-0.05, 0) is 26.7 Å². The molecule has 0 saturated carbocycles. The highest BCUT2D eigenvalue weighted by molar-refractivity contribution is 4.85. The molecule has 0 radical (unpaired) electrons. The monoisotopic (exact) mass is 216 g/mol. The van der Waals surface area contributed by atoms with E-state index in [-0.39, 0.29) is 5.54 Å². The lowest BCUT2D eigenvalue weighted by atomic mass is 10.0. The Morgan fingerprint density at radius 3 is 2.93 bits per heavy atom. The normalized spacial score (nSPS) is 25.4. The molecule has 1 fully saturated rings. The average molecular weight is 216 g/mol. The van der Waals surface area contributed by atoms with E-state index < -0.39 is 0 Å². The summed E-state index contributed by atoms with van der Waals surface area (Å²) in [5.74, 6) is 0. The van der Waals surface area contributed by atoms with Gasteiger partial charge in [0, 0.05) is 26.3 Å². The van der Waals surface area contributed by atoms with E-state index >= 15 is 0 Å². The van der Waals surface area contributed by atoms with Crippen molar-refractivity contribution >= 4 is 0 Å². The van der Waals surface area contributed by atoms with E-state index in [0.29, 0.717) is 19.3 Å². The van der Waals surface area contributed by atoms with Crippen LogP contribution in [0.1, 0.15) is 26.7 Å². The smallest absolute Gasteiger partial charge is 0.0700 e. The predicted molar refractivity (Wildman–Crippen MR) is 60.9 cm³/mol. The van der Waals surface area contributed by atoms with Crippen LogP contribution < -0.4 is 11.1 Å². The van der Waals surface area contributed by atoms with Gasteiger partial charge in [-0.2, -0.15) is 0 Å². The maximum atomic E-state index is 5.75. The average Bonchev–Trinajstić information content (AvgIpc) is 2.76. The summed E-state index contributed by atoms with van der Waals surface area (Å²) in [6, 6.07) is 0. The Balaban J connectivity index is 2.24. The fourth-order valence-electron chi connectivity index (χ4n) is 1.68. The first-order valence-corrected chi connectivity index (χ1v) is 5.84. The third-order valence-corrected chi connectivity index (χ3v) is 2.86. The first-order chi connectivity index (χ1) is 7.20. The van der Waals surface area contributed by atoms with Gasteiger partial charge in [0.15, 0.2) is 0 Å². The minimum Gasteiger partial charge on any atom is -0.380 e. The van der Waals surface area contributed by atoms with Crippen LogP contribution in [0.25, 0.3) is 0 Å². The van der Waals surface area contributed by atoms with Gasteiger partial charge in [-0.1, -0.05) is 0 Å². The summed E-state index contributed by atoms with van der Waals surface area (Å²) in [7, 11) is 0. The van der Waals surface area contributed by atoms with Crippen LogP contribution in [-0.4, -0.2) is 44.6 Å². The zero-order valence-electron chi connectivity index (χ0n) is 9.92. The fraction of sp³-hybridized carbons (Fsp3) is 1.00. The van der Waals surface area contributed by atoms with Crippen molar-refractivity contribution in [3.63, 3.8) is 0 Å². The Kier molecular flexibility index (Phi) is 5.53. The molecule has 0 aromatic heterocycles. The lowest BCUT2D eigenvalue weighted by Gasteiger charge is -2.30. The van der Waals surface area contributed by atoms with Gasteiger partial charge in [0.1, 0.15) is 0 Å². The highest BCUT2D eigenvalue weighted by Crippen LogP contribution is 2.12.